The van der Waals surface area contributed by atoms with E-state index < -0.39 is 11.3 Å². The fourth-order valence-corrected chi connectivity index (χ4v) is 3.29. The third-order valence-corrected chi connectivity index (χ3v) is 4.85. The Morgan fingerprint density at radius 2 is 1.86 bits per heavy atom. The summed E-state index contributed by atoms with van der Waals surface area (Å²) in [6.45, 7) is 13.0. The zero-order valence-corrected chi connectivity index (χ0v) is 15.0. The first-order chi connectivity index (χ1) is 10.1. The lowest BCUT2D eigenvalue weighted by molar-refractivity contribution is -0.120. The van der Waals surface area contributed by atoms with Gasteiger partial charge in [-0.1, -0.05) is 39.5 Å². The predicted octanol–water partition coefficient (Wildman–Crippen LogP) is 2.47. The summed E-state index contributed by atoms with van der Waals surface area (Å²) >= 11 is 1.38. The molecule has 1 aromatic rings. The highest BCUT2D eigenvalue weighted by atomic mass is 32.2. The van der Waals surface area contributed by atoms with Crippen LogP contribution in [-0.4, -0.2) is 26.7 Å². The number of thioether (sulfide) groups is 1. The SMILES string of the molecule is Cc1nc(SC(C(=O)NC(N)=O)C(C)C)n(CC(C)C)c1C. The van der Waals surface area contributed by atoms with Crippen LogP contribution in [0, 0.1) is 25.7 Å². The van der Waals surface area contributed by atoms with E-state index in [1.165, 1.54) is 11.8 Å². The number of aromatic nitrogens is 2. The number of imidazole rings is 1. The number of hydrogen-bond donors (Lipinski definition) is 2. The number of aryl methyl sites for hydroxylation is 1. The highest BCUT2D eigenvalue weighted by Gasteiger charge is 2.27. The summed E-state index contributed by atoms with van der Waals surface area (Å²) in [4.78, 5) is 27.7. The molecule has 0 fully saturated rings. The van der Waals surface area contributed by atoms with Crippen molar-refractivity contribution < 1.29 is 9.59 Å². The molecule has 1 aromatic heterocycles. The van der Waals surface area contributed by atoms with Gasteiger partial charge in [0, 0.05) is 12.2 Å². The van der Waals surface area contributed by atoms with Gasteiger partial charge in [0.25, 0.3) is 0 Å². The summed E-state index contributed by atoms with van der Waals surface area (Å²) in [5.41, 5.74) is 7.11. The first-order valence-corrected chi connectivity index (χ1v) is 8.32. The van der Waals surface area contributed by atoms with Crippen LogP contribution in [0.2, 0.25) is 0 Å². The van der Waals surface area contributed by atoms with Crippen molar-refractivity contribution in [2.45, 2.75) is 58.5 Å². The standard InChI is InChI=1S/C15H26N4O2S/c1-8(2)7-19-11(6)10(5)17-15(19)22-12(9(3)4)13(20)18-14(16)21/h8-9,12H,7H2,1-6H3,(H3,16,18,20,21). The number of rotatable bonds is 6. The molecule has 0 saturated heterocycles. The van der Waals surface area contributed by atoms with Crippen molar-refractivity contribution >= 4 is 23.7 Å². The molecule has 6 nitrogen and oxygen atoms in total. The van der Waals surface area contributed by atoms with Gasteiger partial charge in [-0.3, -0.25) is 10.1 Å². The van der Waals surface area contributed by atoms with Crippen molar-refractivity contribution in [2.24, 2.45) is 17.6 Å². The third-order valence-electron chi connectivity index (χ3n) is 3.31. The van der Waals surface area contributed by atoms with E-state index in [-0.39, 0.29) is 11.8 Å². The van der Waals surface area contributed by atoms with E-state index in [0.29, 0.717) is 5.92 Å². The van der Waals surface area contributed by atoms with Crippen LogP contribution in [0.5, 0.6) is 0 Å². The monoisotopic (exact) mass is 326 g/mol. The molecule has 0 bridgehead atoms. The van der Waals surface area contributed by atoms with E-state index in [1.807, 2.05) is 27.7 Å². The predicted molar refractivity (Wildman–Crippen MR) is 88.7 cm³/mol. The van der Waals surface area contributed by atoms with Crippen LogP contribution in [-0.2, 0) is 11.3 Å². The van der Waals surface area contributed by atoms with Crippen molar-refractivity contribution in [1.29, 1.82) is 0 Å². The Morgan fingerprint density at radius 3 is 2.32 bits per heavy atom. The van der Waals surface area contributed by atoms with Gasteiger partial charge < -0.3 is 10.3 Å². The highest BCUT2D eigenvalue weighted by molar-refractivity contribution is 8.00. The Hall–Kier alpha value is -1.50. The lowest BCUT2D eigenvalue weighted by Gasteiger charge is -2.20. The van der Waals surface area contributed by atoms with Gasteiger partial charge in [-0.15, -0.1) is 0 Å². The summed E-state index contributed by atoms with van der Waals surface area (Å²) in [5, 5.41) is 2.56. The van der Waals surface area contributed by atoms with Crippen LogP contribution in [0.25, 0.3) is 0 Å². The van der Waals surface area contributed by atoms with Crippen LogP contribution in [0.15, 0.2) is 5.16 Å². The number of urea groups is 1. The lowest BCUT2D eigenvalue weighted by Crippen LogP contribution is -2.42. The van der Waals surface area contributed by atoms with Crippen molar-refractivity contribution in [3.8, 4) is 0 Å². The van der Waals surface area contributed by atoms with Gasteiger partial charge in [0.05, 0.1) is 10.9 Å². The maximum atomic E-state index is 12.2. The van der Waals surface area contributed by atoms with Crippen molar-refractivity contribution in [3.05, 3.63) is 11.4 Å². The number of nitrogens with zero attached hydrogens (tertiary/aromatic N) is 2. The fourth-order valence-electron chi connectivity index (χ4n) is 2.09. The first-order valence-electron chi connectivity index (χ1n) is 7.44. The van der Waals surface area contributed by atoms with Crippen LogP contribution >= 0.6 is 11.8 Å². The van der Waals surface area contributed by atoms with Gasteiger partial charge >= 0.3 is 6.03 Å². The van der Waals surface area contributed by atoms with Gasteiger partial charge in [-0.05, 0) is 25.7 Å². The minimum absolute atomic E-state index is 0.0502. The molecule has 0 aliphatic rings. The molecule has 0 radical (unpaired) electrons. The largest absolute Gasteiger partial charge is 0.351 e. The molecule has 1 atom stereocenters. The second-order valence-corrected chi connectivity index (χ2v) is 7.31. The number of carbonyl (C=O) groups is 2. The highest BCUT2D eigenvalue weighted by Crippen LogP contribution is 2.30. The lowest BCUT2D eigenvalue weighted by atomic mass is 10.1. The van der Waals surface area contributed by atoms with Gasteiger partial charge in [0.1, 0.15) is 0 Å². The molecule has 3 N–H and O–H groups in total. The molecule has 22 heavy (non-hydrogen) atoms. The quantitative estimate of drug-likeness (QED) is 0.786. The Kier molecular flexibility index (Phi) is 6.47. The van der Waals surface area contributed by atoms with Crippen molar-refractivity contribution in [2.75, 3.05) is 0 Å². The van der Waals surface area contributed by atoms with Crippen molar-refractivity contribution in [1.82, 2.24) is 14.9 Å². The Morgan fingerprint density at radius 1 is 1.27 bits per heavy atom. The summed E-state index contributed by atoms with van der Waals surface area (Å²) in [5.74, 6) is 0.152. The average molecular weight is 326 g/mol. The summed E-state index contributed by atoms with van der Waals surface area (Å²) in [7, 11) is 0. The third kappa shape index (κ3) is 4.76. The maximum absolute atomic E-state index is 12.2. The number of imide groups is 1. The minimum atomic E-state index is -0.825. The van der Waals surface area contributed by atoms with Gasteiger partial charge in [0.15, 0.2) is 5.16 Å². The molecule has 1 heterocycles. The number of primary amides is 1. The number of amides is 3. The number of hydrogen-bond acceptors (Lipinski definition) is 4. The topological polar surface area (TPSA) is 90.0 Å². The molecular weight excluding hydrogens is 300 g/mol. The number of nitrogens with one attached hydrogen (secondary N) is 1. The zero-order valence-electron chi connectivity index (χ0n) is 14.1. The van der Waals surface area contributed by atoms with Crippen LogP contribution in [0.3, 0.4) is 0 Å². The summed E-state index contributed by atoms with van der Waals surface area (Å²) in [6.07, 6.45) is 0. The van der Waals surface area contributed by atoms with Crippen LogP contribution < -0.4 is 11.1 Å². The first kappa shape index (κ1) is 18.5. The summed E-state index contributed by atoms with van der Waals surface area (Å²) in [6, 6.07) is -0.825. The molecule has 7 heteroatoms. The molecule has 1 unspecified atom stereocenters. The molecule has 1 rings (SSSR count). The molecule has 0 saturated carbocycles. The van der Waals surface area contributed by atoms with E-state index in [2.05, 4.69) is 28.7 Å². The summed E-state index contributed by atoms with van der Waals surface area (Å²) < 4.78 is 2.14. The molecule has 3 amide bonds. The smallest absolute Gasteiger partial charge is 0.318 e. The average Bonchev–Trinajstić information content (AvgIpc) is 2.61. The number of nitrogens with two attached hydrogens (primary N) is 1. The Balaban J connectivity index is 3.06. The number of carbonyl (C=O) groups excluding carboxylic acids is 2. The zero-order chi connectivity index (χ0) is 17.0. The maximum Gasteiger partial charge on any atom is 0.318 e. The fraction of sp³-hybridized carbons (Fsp3) is 0.667. The van der Waals surface area contributed by atoms with Crippen LogP contribution in [0.4, 0.5) is 4.79 Å². The molecule has 0 aromatic carbocycles. The van der Waals surface area contributed by atoms with Gasteiger partial charge in [-0.25, -0.2) is 9.78 Å². The molecular formula is C15H26N4O2S. The molecule has 124 valence electrons. The Labute approximate surface area is 136 Å². The van der Waals surface area contributed by atoms with E-state index in [1.54, 1.807) is 0 Å². The second kappa shape index (κ2) is 7.67. The van der Waals surface area contributed by atoms with E-state index >= 15 is 0 Å². The van der Waals surface area contributed by atoms with E-state index in [4.69, 9.17) is 5.73 Å². The molecule has 0 aliphatic heterocycles. The Bertz CT molecular complexity index is 552. The second-order valence-electron chi connectivity index (χ2n) is 6.21. The van der Waals surface area contributed by atoms with Crippen molar-refractivity contribution in [3.63, 3.8) is 0 Å². The van der Waals surface area contributed by atoms with Gasteiger partial charge in [0.2, 0.25) is 5.91 Å². The molecule has 0 aliphatic carbocycles. The minimum Gasteiger partial charge on any atom is -0.351 e. The van der Waals surface area contributed by atoms with Crippen LogP contribution in [0.1, 0.15) is 39.1 Å². The molecule has 0 spiro atoms. The van der Waals surface area contributed by atoms with E-state index in [0.717, 1.165) is 23.1 Å². The van der Waals surface area contributed by atoms with E-state index in [9.17, 15) is 9.59 Å². The normalized spacial score (nSPS) is 12.7. The van der Waals surface area contributed by atoms with Gasteiger partial charge in [-0.2, -0.15) is 0 Å².